The first-order chi connectivity index (χ1) is 13.6. The average Bonchev–Trinajstić information content (AvgIpc) is 3.03. The number of fused-ring (bicyclic) bond motifs is 1. The summed E-state index contributed by atoms with van der Waals surface area (Å²) in [6.07, 6.45) is 3.27. The van der Waals surface area contributed by atoms with E-state index in [1.807, 2.05) is 24.3 Å². The molecule has 3 rings (SSSR count). The Labute approximate surface area is 169 Å². The second-order valence-electron chi connectivity index (χ2n) is 5.95. The summed E-state index contributed by atoms with van der Waals surface area (Å²) in [5.74, 6) is 2.64. The van der Waals surface area contributed by atoms with E-state index in [2.05, 4.69) is 20.8 Å². The summed E-state index contributed by atoms with van der Waals surface area (Å²) in [6.45, 7) is 2.61. The summed E-state index contributed by atoms with van der Waals surface area (Å²) >= 11 is 1.51. The number of imide groups is 1. The Kier molecular flexibility index (Phi) is 6.64. The zero-order valence-corrected chi connectivity index (χ0v) is 17.2. The lowest BCUT2D eigenvalue weighted by Crippen LogP contribution is -2.30. The average molecular weight is 411 g/mol. The molecule has 142 valence electrons. The molecule has 0 bridgehead atoms. The maximum Gasteiger partial charge on any atom is 0.258 e. The highest BCUT2D eigenvalue weighted by Gasteiger charge is 2.30. The maximum atomic E-state index is 12.3. The van der Waals surface area contributed by atoms with Crippen LogP contribution >= 0.6 is 21.0 Å². The third-order valence-electron chi connectivity index (χ3n) is 4.33. The highest BCUT2D eigenvalue weighted by molar-refractivity contribution is 7.99. The van der Waals surface area contributed by atoms with Gasteiger partial charge < -0.3 is 4.74 Å². The summed E-state index contributed by atoms with van der Waals surface area (Å²) in [4.78, 5) is 38.4. The molecule has 1 atom stereocenters. The quantitative estimate of drug-likeness (QED) is 0.175. The molecule has 0 N–H and O–H groups in total. The fourth-order valence-electron chi connectivity index (χ4n) is 3.11. The Hall–Kier alpha value is -2.45. The van der Waals surface area contributed by atoms with Crippen LogP contribution in [0.2, 0.25) is 0 Å². The molecule has 28 heavy (non-hydrogen) atoms. The van der Waals surface area contributed by atoms with Crippen LogP contribution in [0.4, 0.5) is 5.69 Å². The molecule has 1 aliphatic heterocycles. The van der Waals surface area contributed by atoms with Gasteiger partial charge in [0.2, 0.25) is 0 Å². The second-order valence-corrected chi connectivity index (χ2v) is 7.34. The molecule has 2 aromatic rings. The number of nitrogens with zero attached hydrogens (tertiary/aromatic N) is 1. The van der Waals surface area contributed by atoms with Gasteiger partial charge in [0.1, 0.15) is 6.61 Å². The van der Waals surface area contributed by atoms with Crippen molar-refractivity contribution in [3.05, 3.63) is 47.5 Å². The molecular formula is C21H18NO4PS. The van der Waals surface area contributed by atoms with E-state index in [4.69, 9.17) is 4.74 Å². The number of carbonyl (C=O) groups excluding carboxylic acids is 3. The molecule has 1 unspecified atom stereocenters. The van der Waals surface area contributed by atoms with Crippen molar-refractivity contribution in [3.8, 4) is 11.6 Å². The van der Waals surface area contributed by atoms with Crippen molar-refractivity contribution in [3.63, 3.8) is 0 Å². The highest BCUT2D eigenvalue weighted by atomic mass is 32.2. The standard InChI is InChI=1S/C21H18NO4PS/c1-14-17(13-23)21(28-12-10-26-9-4-11-27)16-6-3-2-5-15(16)20(14)22-18(24)7-8-19(22)25/h2-3,5-8,13H,9-10,12,27H2,1H3. The van der Waals surface area contributed by atoms with Gasteiger partial charge in [-0.3, -0.25) is 14.4 Å². The van der Waals surface area contributed by atoms with Crippen molar-refractivity contribution in [1.82, 2.24) is 0 Å². The van der Waals surface area contributed by atoms with Crippen molar-refractivity contribution < 1.29 is 19.1 Å². The summed E-state index contributed by atoms with van der Waals surface area (Å²) in [5.41, 5.74) is 4.25. The number of benzene rings is 2. The summed E-state index contributed by atoms with van der Waals surface area (Å²) < 4.78 is 5.44. The molecule has 1 heterocycles. The van der Waals surface area contributed by atoms with Crippen LogP contribution < -0.4 is 4.90 Å². The number of hydrogen-bond donors (Lipinski definition) is 0. The van der Waals surface area contributed by atoms with Gasteiger partial charge in [-0.1, -0.05) is 45.1 Å². The van der Waals surface area contributed by atoms with Gasteiger partial charge in [0.25, 0.3) is 11.8 Å². The molecule has 7 heteroatoms. The molecule has 0 radical (unpaired) electrons. The van der Waals surface area contributed by atoms with Gasteiger partial charge in [-0.15, -0.1) is 11.8 Å². The monoisotopic (exact) mass is 411 g/mol. The van der Waals surface area contributed by atoms with Crippen molar-refractivity contribution in [2.45, 2.75) is 11.8 Å². The van der Waals surface area contributed by atoms with E-state index in [-0.39, 0.29) is 0 Å². The van der Waals surface area contributed by atoms with Crippen LogP contribution in [0.5, 0.6) is 0 Å². The number of hydrogen-bond acceptors (Lipinski definition) is 5. The molecule has 0 saturated carbocycles. The van der Waals surface area contributed by atoms with Gasteiger partial charge in [0, 0.05) is 33.8 Å². The van der Waals surface area contributed by atoms with Gasteiger partial charge in [0.05, 0.1) is 12.3 Å². The lowest BCUT2D eigenvalue weighted by molar-refractivity contribution is -0.119. The highest BCUT2D eigenvalue weighted by Crippen LogP contribution is 2.41. The third kappa shape index (κ3) is 3.88. The normalized spacial score (nSPS) is 13.1. The number of aldehydes is 1. The van der Waals surface area contributed by atoms with E-state index in [9.17, 15) is 14.4 Å². The molecule has 2 aromatic carbocycles. The van der Waals surface area contributed by atoms with E-state index in [1.54, 1.807) is 6.92 Å². The van der Waals surface area contributed by atoms with Crippen LogP contribution in [0.1, 0.15) is 15.9 Å². The Morgan fingerprint density at radius 2 is 1.86 bits per heavy atom. The van der Waals surface area contributed by atoms with Crippen LogP contribution in [0.3, 0.4) is 0 Å². The Bertz CT molecular complexity index is 1030. The van der Waals surface area contributed by atoms with Gasteiger partial charge in [-0.2, -0.15) is 0 Å². The summed E-state index contributed by atoms with van der Waals surface area (Å²) in [5, 5.41) is 1.58. The minimum atomic E-state index is -0.404. The van der Waals surface area contributed by atoms with Crippen LogP contribution in [-0.2, 0) is 14.3 Å². The minimum absolute atomic E-state index is 0.357. The number of amides is 2. The lowest BCUT2D eigenvalue weighted by Gasteiger charge is -2.23. The van der Waals surface area contributed by atoms with E-state index in [1.165, 1.54) is 23.9 Å². The zero-order chi connectivity index (χ0) is 20.1. The zero-order valence-electron chi connectivity index (χ0n) is 15.2. The predicted molar refractivity (Wildman–Crippen MR) is 115 cm³/mol. The SMILES string of the molecule is Cc1c(C=O)c(SCCOCC#CP)c2ccccc2c1N1C(=O)C=CC1=O. The minimum Gasteiger partial charge on any atom is -0.368 e. The summed E-state index contributed by atoms with van der Waals surface area (Å²) in [6, 6.07) is 7.48. The summed E-state index contributed by atoms with van der Waals surface area (Å²) in [7, 11) is 2.32. The van der Waals surface area contributed by atoms with Crippen LogP contribution in [-0.4, -0.2) is 37.1 Å². The Morgan fingerprint density at radius 3 is 2.50 bits per heavy atom. The molecule has 0 spiro atoms. The van der Waals surface area contributed by atoms with Gasteiger partial charge in [0.15, 0.2) is 6.29 Å². The first kappa shape index (κ1) is 20.3. The van der Waals surface area contributed by atoms with Crippen LogP contribution in [0.25, 0.3) is 10.8 Å². The number of rotatable bonds is 7. The predicted octanol–water partition coefficient (Wildman–Crippen LogP) is 3.33. The molecule has 0 aromatic heterocycles. The lowest BCUT2D eigenvalue weighted by atomic mass is 9.98. The van der Waals surface area contributed by atoms with E-state index in [0.717, 1.165) is 26.9 Å². The van der Waals surface area contributed by atoms with Crippen molar-refractivity contribution in [1.29, 1.82) is 0 Å². The Balaban J connectivity index is 2.04. The van der Waals surface area contributed by atoms with Crippen LogP contribution in [0.15, 0.2) is 41.3 Å². The molecule has 0 saturated heterocycles. The number of thioether (sulfide) groups is 1. The van der Waals surface area contributed by atoms with Gasteiger partial charge >= 0.3 is 0 Å². The fourth-order valence-corrected chi connectivity index (χ4v) is 4.29. The number of ether oxygens (including phenoxy) is 1. The first-order valence-electron chi connectivity index (χ1n) is 8.55. The number of carbonyl (C=O) groups is 3. The molecular weight excluding hydrogens is 393 g/mol. The number of anilines is 1. The molecule has 1 aliphatic rings. The fraction of sp³-hybridized carbons (Fsp3) is 0.190. The van der Waals surface area contributed by atoms with Crippen molar-refractivity contribution in [2.75, 3.05) is 23.9 Å². The first-order valence-corrected chi connectivity index (χ1v) is 10.1. The molecule has 0 fully saturated rings. The van der Waals surface area contributed by atoms with Crippen molar-refractivity contribution in [2.24, 2.45) is 0 Å². The molecule has 5 nitrogen and oxygen atoms in total. The third-order valence-corrected chi connectivity index (χ3v) is 5.64. The van der Waals surface area contributed by atoms with Gasteiger partial charge in [-0.05, 0) is 17.9 Å². The van der Waals surface area contributed by atoms with E-state index in [0.29, 0.717) is 35.8 Å². The molecule has 2 amide bonds. The topological polar surface area (TPSA) is 63.7 Å². The van der Waals surface area contributed by atoms with Gasteiger partial charge in [-0.25, -0.2) is 4.90 Å². The largest absolute Gasteiger partial charge is 0.368 e. The maximum absolute atomic E-state index is 12.3. The molecule has 0 aliphatic carbocycles. The van der Waals surface area contributed by atoms with Crippen molar-refractivity contribution >= 4 is 55.6 Å². The van der Waals surface area contributed by atoms with E-state index >= 15 is 0 Å². The Morgan fingerprint density at radius 1 is 1.18 bits per heavy atom. The second kappa shape index (κ2) is 9.16. The van der Waals surface area contributed by atoms with Crippen LogP contribution in [0, 0.1) is 18.5 Å². The van der Waals surface area contributed by atoms with E-state index < -0.39 is 11.8 Å². The smallest absolute Gasteiger partial charge is 0.258 e.